The molecule has 3 nitrogen and oxygen atoms in total. The van der Waals surface area contributed by atoms with E-state index in [0.717, 1.165) is 18.5 Å². The minimum atomic E-state index is 0.808. The first-order valence-electron chi connectivity index (χ1n) is 8.14. The molecule has 0 radical (unpaired) electrons. The summed E-state index contributed by atoms with van der Waals surface area (Å²) in [4.78, 5) is 5.24. The van der Waals surface area contributed by atoms with Crippen LogP contribution in [-0.4, -0.2) is 55.1 Å². The van der Waals surface area contributed by atoms with Gasteiger partial charge >= 0.3 is 0 Å². The van der Waals surface area contributed by atoms with E-state index < -0.39 is 0 Å². The van der Waals surface area contributed by atoms with E-state index >= 15 is 0 Å². The fraction of sp³-hybridized carbons (Fsp3) is 0.647. The van der Waals surface area contributed by atoms with Crippen molar-refractivity contribution in [3.8, 4) is 0 Å². The summed E-state index contributed by atoms with van der Waals surface area (Å²) in [6, 6.07) is 10.2. The first-order valence-corrected chi connectivity index (χ1v) is 8.14. The van der Waals surface area contributed by atoms with Crippen LogP contribution < -0.4 is 5.32 Å². The van der Waals surface area contributed by atoms with Crippen LogP contribution in [0.15, 0.2) is 24.3 Å². The summed E-state index contributed by atoms with van der Waals surface area (Å²) >= 11 is 0. The summed E-state index contributed by atoms with van der Waals surface area (Å²) in [5.41, 5.74) is 3.03. The molecule has 2 saturated heterocycles. The van der Waals surface area contributed by atoms with E-state index in [1.165, 1.54) is 57.7 Å². The Balaban J connectivity index is 1.26. The maximum atomic E-state index is 3.43. The van der Waals surface area contributed by atoms with E-state index in [0.29, 0.717) is 0 Å². The third-order valence-corrected chi connectivity index (χ3v) is 5.04. The maximum absolute atomic E-state index is 3.43. The van der Waals surface area contributed by atoms with E-state index in [-0.39, 0.29) is 0 Å². The predicted octanol–water partition coefficient (Wildman–Crippen LogP) is 1.65. The van der Waals surface area contributed by atoms with E-state index in [9.17, 15) is 0 Å². The average Bonchev–Trinajstić information content (AvgIpc) is 3.29. The Morgan fingerprint density at radius 3 is 2.35 bits per heavy atom. The molecule has 0 spiro atoms. The van der Waals surface area contributed by atoms with Crippen molar-refractivity contribution in [2.75, 3.05) is 39.3 Å². The van der Waals surface area contributed by atoms with Crippen LogP contribution in [0.25, 0.3) is 0 Å². The molecule has 1 aliphatic carbocycles. The van der Waals surface area contributed by atoms with Gasteiger partial charge in [-0.05, 0) is 29.9 Å². The largest absolute Gasteiger partial charge is 0.314 e. The molecular formula is C17H25N3. The van der Waals surface area contributed by atoms with Crippen molar-refractivity contribution in [3.05, 3.63) is 35.4 Å². The second-order valence-electron chi connectivity index (χ2n) is 6.65. The molecule has 0 atom stereocenters. The number of nitrogens with zero attached hydrogens (tertiary/aromatic N) is 2. The van der Waals surface area contributed by atoms with Gasteiger partial charge in [0.1, 0.15) is 0 Å². The molecule has 3 fully saturated rings. The summed E-state index contributed by atoms with van der Waals surface area (Å²) in [6.07, 6.45) is 2.80. The Bertz CT molecular complexity index is 440. The zero-order valence-electron chi connectivity index (χ0n) is 12.2. The number of nitrogens with one attached hydrogen (secondary N) is 1. The molecule has 0 amide bonds. The van der Waals surface area contributed by atoms with Gasteiger partial charge in [-0.15, -0.1) is 0 Å². The van der Waals surface area contributed by atoms with Gasteiger partial charge in [0.15, 0.2) is 0 Å². The highest BCUT2D eigenvalue weighted by Gasteiger charge is 2.32. The van der Waals surface area contributed by atoms with E-state index in [1.54, 1.807) is 5.56 Å². The zero-order chi connectivity index (χ0) is 13.4. The van der Waals surface area contributed by atoms with Crippen LogP contribution in [0.4, 0.5) is 0 Å². The van der Waals surface area contributed by atoms with Crippen molar-refractivity contribution in [1.29, 1.82) is 0 Å². The lowest BCUT2D eigenvalue weighted by atomic mass is 10.0. The molecular weight excluding hydrogens is 246 g/mol. The van der Waals surface area contributed by atoms with Crippen molar-refractivity contribution in [2.24, 2.45) is 0 Å². The Labute approximate surface area is 121 Å². The number of hydrogen-bond acceptors (Lipinski definition) is 3. The highest BCUT2D eigenvalue weighted by molar-refractivity contribution is 5.28. The molecule has 3 aliphatic rings. The Kier molecular flexibility index (Phi) is 3.51. The molecule has 3 heteroatoms. The van der Waals surface area contributed by atoms with Crippen LogP contribution >= 0.6 is 0 Å². The second kappa shape index (κ2) is 5.47. The van der Waals surface area contributed by atoms with Gasteiger partial charge in [0.05, 0.1) is 0 Å². The van der Waals surface area contributed by atoms with Crippen LogP contribution in [0.2, 0.25) is 0 Å². The first-order chi connectivity index (χ1) is 9.88. The zero-order valence-corrected chi connectivity index (χ0v) is 12.2. The number of benzene rings is 1. The quantitative estimate of drug-likeness (QED) is 0.898. The van der Waals surface area contributed by atoms with Gasteiger partial charge in [0.25, 0.3) is 0 Å². The van der Waals surface area contributed by atoms with Crippen molar-refractivity contribution in [3.63, 3.8) is 0 Å². The number of piperazine rings is 1. The van der Waals surface area contributed by atoms with Crippen LogP contribution in [0.1, 0.15) is 29.9 Å². The summed E-state index contributed by atoms with van der Waals surface area (Å²) in [6.45, 7) is 8.43. The highest BCUT2D eigenvalue weighted by atomic mass is 15.3. The SMILES string of the molecule is c1cc(C2CC2)ccc1CN1CC(N2CCNCC2)C1. The van der Waals surface area contributed by atoms with Crippen LogP contribution in [0.5, 0.6) is 0 Å². The fourth-order valence-corrected chi connectivity index (χ4v) is 3.52. The summed E-state index contributed by atoms with van der Waals surface area (Å²) in [5.74, 6) is 0.880. The number of likely N-dealkylation sites (tertiary alicyclic amines) is 1. The molecule has 0 bridgehead atoms. The van der Waals surface area contributed by atoms with Gasteiger partial charge in [-0.25, -0.2) is 0 Å². The number of rotatable bonds is 4. The second-order valence-corrected chi connectivity index (χ2v) is 6.65. The lowest BCUT2D eigenvalue weighted by Gasteiger charge is -2.46. The molecule has 2 heterocycles. The third kappa shape index (κ3) is 2.76. The summed E-state index contributed by atoms with van der Waals surface area (Å²) < 4.78 is 0. The van der Waals surface area contributed by atoms with Gasteiger partial charge in [-0.1, -0.05) is 24.3 Å². The van der Waals surface area contributed by atoms with Gasteiger partial charge in [-0.3, -0.25) is 9.80 Å². The Morgan fingerprint density at radius 2 is 1.70 bits per heavy atom. The van der Waals surface area contributed by atoms with Crippen LogP contribution in [0.3, 0.4) is 0 Å². The Hall–Kier alpha value is -0.900. The van der Waals surface area contributed by atoms with E-state index in [1.807, 2.05) is 0 Å². The van der Waals surface area contributed by atoms with Crippen molar-refractivity contribution >= 4 is 0 Å². The molecule has 2 aliphatic heterocycles. The molecule has 1 aromatic rings. The normalized spacial score (nSPS) is 25.6. The van der Waals surface area contributed by atoms with Crippen molar-refractivity contribution in [2.45, 2.75) is 31.3 Å². The Morgan fingerprint density at radius 1 is 1.00 bits per heavy atom. The molecule has 4 rings (SSSR count). The lowest BCUT2D eigenvalue weighted by molar-refractivity contribution is 0.0223. The van der Waals surface area contributed by atoms with Gasteiger partial charge < -0.3 is 5.32 Å². The lowest BCUT2D eigenvalue weighted by Crippen LogP contribution is -2.62. The van der Waals surface area contributed by atoms with E-state index in [4.69, 9.17) is 0 Å². The molecule has 0 aromatic heterocycles. The maximum Gasteiger partial charge on any atom is 0.0351 e. The molecule has 1 aromatic carbocycles. The van der Waals surface area contributed by atoms with Crippen LogP contribution in [-0.2, 0) is 6.54 Å². The van der Waals surface area contributed by atoms with Crippen LogP contribution in [0, 0.1) is 0 Å². The van der Waals surface area contributed by atoms with Gasteiger partial charge in [0, 0.05) is 51.9 Å². The molecule has 1 saturated carbocycles. The summed E-state index contributed by atoms with van der Waals surface area (Å²) in [5, 5.41) is 3.43. The number of hydrogen-bond donors (Lipinski definition) is 1. The summed E-state index contributed by atoms with van der Waals surface area (Å²) in [7, 11) is 0. The third-order valence-electron chi connectivity index (χ3n) is 5.04. The first kappa shape index (κ1) is 12.8. The highest BCUT2D eigenvalue weighted by Crippen LogP contribution is 2.39. The van der Waals surface area contributed by atoms with Gasteiger partial charge in [0.2, 0.25) is 0 Å². The van der Waals surface area contributed by atoms with Gasteiger partial charge in [-0.2, -0.15) is 0 Å². The standard InChI is InChI=1S/C17H25N3/c1-3-15(16-5-6-16)4-2-14(1)11-19-12-17(13-19)20-9-7-18-8-10-20/h1-4,16-18H,5-13H2. The van der Waals surface area contributed by atoms with E-state index in [2.05, 4.69) is 39.4 Å². The minimum absolute atomic E-state index is 0.808. The molecule has 20 heavy (non-hydrogen) atoms. The fourth-order valence-electron chi connectivity index (χ4n) is 3.52. The smallest absolute Gasteiger partial charge is 0.0351 e. The molecule has 108 valence electrons. The monoisotopic (exact) mass is 271 g/mol. The van der Waals surface area contributed by atoms with Crippen molar-refractivity contribution < 1.29 is 0 Å². The molecule has 0 unspecified atom stereocenters. The topological polar surface area (TPSA) is 18.5 Å². The molecule has 1 N–H and O–H groups in total. The minimum Gasteiger partial charge on any atom is -0.314 e. The van der Waals surface area contributed by atoms with Crippen molar-refractivity contribution in [1.82, 2.24) is 15.1 Å². The average molecular weight is 271 g/mol. The predicted molar refractivity (Wildman–Crippen MR) is 81.9 cm³/mol.